The summed E-state index contributed by atoms with van der Waals surface area (Å²) in [6.45, 7) is 8.85. The molecule has 1 atom stereocenters. The smallest absolute Gasteiger partial charge is 0.460 e. The number of allylic oxidation sites excluding steroid dienone is 5. The van der Waals surface area contributed by atoms with Crippen LogP contribution in [0.25, 0.3) is 0 Å². The Labute approximate surface area is 253 Å². The molecular formula is C32H28F9NO3. The molecule has 4 nitrogen and oxygen atoms in total. The van der Waals surface area contributed by atoms with Crippen molar-refractivity contribution in [3.8, 4) is 0 Å². The predicted molar refractivity (Wildman–Crippen MR) is 150 cm³/mol. The van der Waals surface area contributed by atoms with Gasteiger partial charge in [-0.2, -0.15) is 30.7 Å². The average molecular weight is 646 g/mol. The third-order valence-electron chi connectivity index (χ3n) is 5.91. The highest BCUT2D eigenvalue weighted by Gasteiger charge is 2.43. The first-order valence-electron chi connectivity index (χ1n) is 13.0. The minimum Gasteiger partial charge on any atom is -0.491 e. The van der Waals surface area contributed by atoms with E-state index in [2.05, 4.69) is 23.2 Å². The largest absolute Gasteiger partial charge is 0.491 e. The van der Waals surface area contributed by atoms with Crippen molar-refractivity contribution in [2.45, 2.75) is 37.6 Å². The summed E-state index contributed by atoms with van der Waals surface area (Å²) in [4.78, 5) is 13.4. The van der Waals surface area contributed by atoms with E-state index in [0.29, 0.717) is 17.7 Å². The van der Waals surface area contributed by atoms with Gasteiger partial charge in [0, 0.05) is 18.1 Å². The summed E-state index contributed by atoms with van der Waals surface area (Å²) in [6, 6.07) is 11.5. The van der Waals surface area contributed by atoms with Gasteiger partial charge in [-0.05, 0) is 48.4 Å². The van der Waals surface area contributed by atoms with E-state index in [0.717, 1.165) is 30.4 Å². The minimum absolute atomic E-state index is 0.0152. The number of alkyl halides is 7. The van der Waals surface area contributed by atoms with Crippen molar-refractivity contribution in [2.75, 3.05) is 6.61 Å². The molecule has 2 aromatic rings. The maximum absolute atomic E-state index is 14.8. The Hall–Kier alpha value is -4.68. The molecule has 0 fully saturated rings. The van der Waals surface area contributed by atoms with Crippen molar-refractivity contribution in [1.29, 1.82) is 0 Å². The molecule has 13 heteroatoms. The van der Waals surface area contributed by atoms with Gasteiger partial charge < -0.3 is 14.8 Å². The highest BCUT2D eigenvalue weighted by atomic mass is 19.4. The van der Waals surface area contributed by atoms with E-state index in [9.17, 15) is 44.3 Å². The summed E-state index contributed by atoms with van der Waals surface area (Å²) < 4.78 is 129. The molecule has 0 bridgehead atoms. The lowest BCUT2D eigenvalue weighted by Gasteiger charge is -2.33. The lowest BCUT2D eigenvalue weighted by Crippen LogP contribution is -2.50. The summed E-state index contributed by atoms with van der Waals surface area (Å²) >= 11 is 0. The number of hydrogen-bond acceptors (Lipinski definition) is 3. The Morgan fingerprint density at radius 3 is 2.27 bits per heavy atom. The van der Waals surface area contributed by atoms with Gasteiger partial charge in [-0.3, -0.25) is 4.79 Å². The van der Waals surface area contributed by atoms with Gasteiger partial charge in [0.25, 0.3) is 5.91 Å². The second kappa shape index (κ2) is 15.9. The van der Waals surface area contributed by atoms with Crippen LogP contribution >= 0.6 is 0 Å². The molecule has 242 valence electrons. The molecule has 45 heavy (non-hydrogen) atoms. The first-order valence-corrected chi connectivity index (χ1v) is 13.0. The summed E-state index contributed by atoms with van der Waals surface area (Å²) in [5.74, 6) is -3.69. The van der Waals surface area contributed by atoms with Crippen molar-refractivity contribution in [3.63, 3.8) is 0 Å². The monoisotopic (exact) mass is 645 g/mol. The van der Waals surface area contributed by atoms with E-state index in [1.807, 2.05) is 0 Å². The van der Waals surface area contributed by atoms with E-state index < -0.39 is 52.9 Å². The van der Waals surface area contributed by atoms with Crippen molar-refractivity contribution in [1.82, 2.24) is 5.32 Å². The Balaban J connectivity index is 2.66. The number of carbonyl (C=O) groups is 1. The zero-order chi connectivity index (χ0) is 33.8. The Bertz CT molecular complexity index is 1460. The number of carbonyl (C=O) groups excluding carboxylic acids is 1. The molecule has 0 aromatic heterocycles. The van der Waals surface area contributed by atoms with Crippen LogP contribution in [0.5, 0.6) is 0 Å². The van der Waals surface area contributed by atoms with Gasteiger partial charge in [-0.25, -0.2) is 8.78 Å². The van der Waals surface area contributed by atoms with Crippen LogP contribution in [0.15, 0.2) is 127 Å². The summed E-state index contributed by atoms with van der Waals surface area (Å²) in [5.41, 5.74) is -3.31. The van der Waals surface area contributed by atoms with Crippen LogP contribution in [0, 0.1) is 0 Å². The molecule has 2 aromatic carbocycles. The van der Waals surface area contributed by atoms with E-state index in [4.69, 9.17) is 4.74 Å². The average Bonchev–Trinajstić information content (AvgIpc) is 2.97. The predicted octanol–water partition coefficient (Wildman–Crippen LogP) is 9.17. The van der Waals surface area contributed by atoms with Crippen molar-refractivity contribution >= 4 is 5.91 Å². The Morgan fingerprint density at radius 2 is 1.67 bits per heavy atom. The van der Waals surface area contributed by atoms with E-state index in [1.165, 1.54) is 6.08 Å². The van der Waals surface area contributed by atoms with Crippen molar-refractivity contribution in [3.05, 3.63) is 144 Å². The normalized spacial score (nSPS) is 14.5. The Kier molecular flexibility index (Phi) is 12.9. The van der Waals surface area contributed by atoms with Gasteiger partial charge in [0.15, 0.2) is 5.83 Å². The topological polar surface area (TPSA) is 47.6 Å². The van der Waals surface area contributed by atoms with E-state index in [-0.39, 0.29) is 36.7 Å². The SMILES string of the molecule is C=C(OCC)C(F)=CC=C[C@@](Cc1ccccc1)(NC(=O)c1cccc(C(F)(F)F)c1)C(=C)C=C(F)C=COC(F)(F)C(F)F. The molecule has 0 aliphatic rings. The fraction of sp³-hybridized carbons (Fsp3) is 0.219. The quantitative estimate of drug-likeness (QED) is 0.119. The highest BCUT2D eigenvalue weighted by Crippen LogP contribution is 2.31. The second-order valence-corrected chi connectivity index (χ2v) is 9.23. The summed E-state index contributed by atoms with van der Waals surface area (Å²) in [5, 5.41) is 2.52. The van der Waals surface area contributed by atoms with Gasteiger partial charge in [0.05, 0.1) is 24.0 Å². The Morgan fingerprint density at radius 1 is 1.00 bits per heavy atom. The number of halogens is 9. The molecule has 0 spiro atoms. The molecule has 0 saturated carbocycles. The molecule has 0 heterocycles. The van der Waals surface area contributed by atoms with E-state index in [1.54, 1.807) is 37.3 Å². The minimum atomic E-state index is -4.91. The number of amides is 1. The zero-order valence-electron chi connectivity index (χ0n) is 23.7. The zero-order valence-corrected chi connectivity index (χ0v) is 23.7. The van der Waals surface area contributed by atoms with Gasteiger partial charge in [0.1, 0.15) is 11.6 Å². The number of nitrogens with one attached hydrogen (secondary N) is 1. The lowest BCUT2D eigenvalue weighted by molar-refractivity contribution is -0.274. The van der Waals surface area contributed by atoms with E-state index >= 15 is 0 Å². The number of rotatable bonds is 15. The van der Waals surface area contributed by atoms with Crippen LogP contribution in [-0.2, 0) is 22.1 Å². The third-order valence-corrected chi connectivity index (χ3v) is 5.91. The molecule has 2 rings (SSSR count). The molecule has 0 unspecified atom stereocenters. The second-order valence-electron chi connectivity index (χ2n) is 9.23. The standard InChI is InChI=1S/C32H28F9NO3/c1-4-44-22(3)27(34)14-9-16-30(20-23-10-6-5-7-11-23,21(2)18-26(33)15-17-45-32(40,41)29(35)36)42-28(43)24-12-8-13-25(19-24)31(37,38)39/h5-19,29H,2-4,20H2,1H3,(H,42,43)/t30-/m0/s1. The first kappa shape index (κ1) is 36.5. The van der Waals surface area contributed by atoms with Gasteiger partial charge >= 0.3 is 18.7 Å². The molecule has 0 saturated heterocycles. The molecule has 0 aliphatic heterocycles. The molecule has 1 amide bonds. The van der Waals surface area contributed by atoms with Gasteiger partial charge in [0.2, 0.25) is 0 Å². The van der Waals surface area contributed by atoms with Crippen LogP contribution in [0.4, 0.5) is 39.5 Å². The fourth-order valence-electron chi connectivity index (χ4n) is 3.69. The van der Waals surface area contributed by atoms with Crippen LogP contribution in [0.2, 0.25) is 0 Å². The maximum atomic E-state index is 14.8. The lowest BCUT2D eigenvalue weighted by atomic mass is 9.82. The summed E-state index contributed by atoms with van der Waals surface area (Å²) in [6.07, 6.45) is -10.1. The molecule has 0 radical (unpaired) electrons. The first-order chi connectivity index (χ1) is 21.0. The number of ether oxygens (including phenoxy) is 2. The molecule has 0 aliphatic carbocycles. The molecular weight excluding hydrogens is 617 g/mol. The fourth-order valence-corrected chi connectivity index (χ4v) is 3.69. The van der Waals surface area contributed by atoms with Crippen molar-refractivity contribution < 1.29 is 53.8 Å². The van der Waals surface area contributed by atoms with Gasteiger partial charge in [-0.1, -0.05) is 61.7 Å². The molecule has 1 N–H and O–H groups in total. The van der Waals surface area contributed by atoms with Gasteiger partial charge in [-0.15, -0.1) is 0 Å². The van der Waals surface area contributed by atoms with Crippen LogP contribution in [-0.4, -0.2) is 30.6 Å². The van der Waals surface area contributed by atoms with Crippen LogP contribution in [0.1, 0.15) is 28.4 Å². The van der Waals surface area contributed by atoms with Crippen molar-refractivity contribution in [2.24, 2.45) is 0 Å². The highest BCUT2D eigenvalue weighted by molar-refractivity contribution is 5.95. The number of hydrogen-bond donors (Lipinski definition) is 1. The summed E-state index contributed by atoms with van der Waals surface area (Å²) in [7, 11) is 0. The van der Waals surface area contributed by atoms with Crippen LogP contribution in [0.3, 0.4) is 0 Å². The third kappa shape index (κ3) is 11.1. The maximum Gasteiger partial charge on any atom is 0.460 e. The number of benzene rings is 2. The van der Waals surface area contributed by atoms with Crippen LogP contribution < -0.4 is 5.32 Å².